The highest BCUT2D eigenvalue weighted by Crippen LogP contribution is 2.06. The third-order valence-electron chi connectivity index (χ3n) is 1.39. The first-order chi connectivity index (χ1) is 6.35. The Bertz CT molecular complexity index is 94.9. The minimum atomic E-state index is -0.0585. The summed E-state index contributed by atoms with van der Waals surface area (Å²) < 4.78 is 15.7. The Morgan fingerprint density at radius 3 is 2.23 bits per heavy atom. The lowest BCUT2D eigenvalue weighted by Gasteiger charge is -2.15. The highest BCUT2D eigenvalue weighted by Gasteiger charge is 2.06. The summed E-state index contributed by atoms with van der Waals surface area (Å²) in [5, 5.41) is 0. The summed E-state index contributed by atoms with van der Waals surface area (Å²) in [4.78, 5) is 0. The van der Waals surface area contributed by atoms with E-state index in [0.717, 1.165) is 18.1 Å². The number of hydrogen-bond donors (Lipinski definition) is 0. The van der Waals surface area contributed by atoms with Crippen molar-refractivity contribution in [3.63, 3.8) is 0 Å². The molecular weight excluding hydrogens is 188 g/mol. The van der Waals surface area contributed by atoms with Crippen molar-refractivity contribution in [2.24, 2.45) is 0 Å². The average Bonchev–Trinajstić information content (AvgIpc) is 2.13. The molecule has 0 aromatic carbocycles. The van der Waals surface area contributed by atoms with Crippen LogP contribution in [0.15, 0.2) is 0 Å². The summed E-state index contributed by atoms with van der Waals surface area (Å²) in [5.74, 6) is 1.87. The minimum absolute atomic E-state index is 0.0585. The van der Waals surface area contributed by atoms with Gasteiger partial charge in [-0.2, -0.15) is 11.8 Å². The first-order valence-corrected chi connectivity index (χ1v) is 5.80. The fourth-order valence-electron chi connectivity index (χ4n) is 0.838. The van der Waals surface area contributed by atoms with Crippen molar-refractivity contribution in [1.82, 2.24) is 0 Å². The van der Waals surface area contributed by atoms with Gasteiger partial charge in [-0.1, -0.05) is 0 Å². The second kappa shape index (κ2) is 10.3. The largest absolute Gasteiger partial charge is 0.384 e. The summed E-state index contributed by atoms with van der Waals surface area (Å²) in [6, 6.07) is 0. The van der Waals surface area contributed by atoms with Gasteiger partial charge in [0, 0.05) is 31.8 Å². The van der Waals surface area contributed by atoms with Gasteiger partial charge in [0.25, 0.3) is 0 Å². The van der Waals surface area contributed by atoms with Crippen molar-refractivity contribution < 1.29 is 14.2 Å². The third kappa shape index (κ3) is 8.56. The quantitative estimate of drug-likeness (QED) is 0.426. The van der Waals surface area contributed by atoms with Crippen LogP contribution >= 0.6 is 11.8 Å². The van der Waals surface area contributed by atoms with Crippen LogP contribution in [0, 0.1) is 0 Å². The molecule has 0 fully saturated rings. The number of ether oxygens (including phenoxy) is 3. The maximum atomic E-state index is 5.38. The molecule has 0 saturated carbocycles. The molecule has 0 unspecified atom stereocenters. The fraction of sp³-hybridized carbons (Fsp3) is 1.00. The van der Waals surface area contributed by atoms with Crippen molar-refractivity contribution in [3.05, 3.63) is 0 Å². The van der Waals surface area contributed by atoms with Crippen molar-refractivity contribution in [3.8, 4) is 0 Å². The zero-order valence-corrected chi connectivity index (χ0v) is 9.56. The van der Waals surface area contributed by atoms with Crippen LogP contribution in [0.2, 0.25) is 0 Å². The molecule has 0 amide bonds. The van der Waals surface area contributed by atoms with E-state index in [-0.39, 0.29) is 6.29 Å². The summed E-state index contributed by atoms with van der Waals surface area (Å²) in [7, 11) is 1.71. The van der Waals surface area contributed by atoms with Crippen molar-refractivity contribution >= 4 is 11.8 Å². The van der Waals surface area contributed by atoms with E-state index in [9.17, 15) is 0 Å². The van der Waals surface area contributed by atoms with Gasteiger partial charge in [0.15, 0.2) is 6.29 Å². The van der Waals surface area contributed by atoms with Crippen LogP contribution in [0.1, 0.15) is 13.8 Å². The number of hydrogen-bond acceptors (Lipinski definition) is 4. The monoisotopic (exact) mass is 208 g/mol. The van der Waals surface area contributed by atoms with Gasteiger partial charge in [-0.25, -0.2) is 0 Å². The van der Waals surface area contributed by atoms with Crippen LogP contribution in [0.25, 0.3) is 0 Å². The van der Waals surface area contributed by atoms with Gasteiger partial charge in [0.05, 0.1) is 6.61 Å². The van der Waals surface area contributed by atoms with Crippen LogP contribution < -0.4 is 0 Å². The van der Waals surface area contributed by atoms with Crippen LogP contribution in [0.3, 0.4) is 0 Å². The van der Waals surface area contributed by atoms with E-state index in [1.54, 1.807) is 18.9 Å². The molecule has 13 heavy (non-hydrogen) atoms. The second-order valence-corrected chi connectivity index (χ2v) is 3.56. The molecular formula is C9H20O3S. The smallest absolute Gasteiger partial charge is 0.166 e. The van der Waals surface area contributed by atoms with Crippen LogP contribution in [0.5, 0.6) is 0 Å². The van der Waals surface area contributed by atoms with Crippen LogP contribution in [-0.4, -0.2) is 44.7 Å². The predicted molar refractivity (Wildman–Crippen MR) is 56.2 cm³/mol. The molecule has 0 spiro atoms. The maximum Gasteiger partial charge on any atom is 0.166 e. The van der Waals surface area contributed by atoms with Gasteiger partial charge in [-0.05, 0) is 13.8 Å². The maximum absolute atomic E-state index is 5.38. The molecule has 0 radical (unpaired) electrons. The Kier molecular flexibility index (Phi) is 10.5. The zero-order valence-electron chi connectivity index (χ0n) is 8.75. The lowest BCUT2D eigenvalue weighted by molar-refractivity contribution is -0.120. The van der Waals surface area contributed by atoms with Gasteiger partial charge in [-0.3, -0.25) is 0 Å². The molecule has 0 aliphatic heterocycles. The summed E-state index contributed by atoms with van der Waals surface area (Å²) in [6.07, 6.45) is -0.0585. The molecule has 0 saturated heterocycles. The molecule has 0 heterocycles. The van der Waals surface area contributed by atoms with Crippen molar-refractivity contribution in [2.75, 3.05) is 38.4 Å². The Morgan fingerprint density at radius 1 is 1.15 bits per heavy atom. The Balaban J connectivity index is 3.33. The van der Waals surface area contributed by atoms with Gasteiger partial charge >= 0.3 is 0 Å². The average molecular weight is 208 g/mol. The SMILES string of the molecule is CCOC(CSCCOC)OCC. The van der Waals surface area contributed by atoms with Gasteiger partial charge in [0.2, 0.25) is 0 Å². The molecule has 0 aliphatic rings. The Hall–Kier alpha value is 0.230. The molecule has 0 N–H and O–H groups in total. The lowest BCUT2D eigenvalue weighted by Crippen LogP contribution is -2.20. The van der Waals surface area contributed by atoms with E-state index in [0.29, 0.717) is 13.2 Å². The van der Waals surface area contributed by atoms with Crippen LogP contribution in [-0.2, 0) is 14.2 Å². The van der Waals surface area contributed by atoms with E-state index in [1.165, 1.54) is 0 Å². The molecule has 0 aliphatic carbocycles. The predicted octanol–water partition coefficient (Wildman–Crippen LogP) is 1.77. The summed E-state index contributed by atoms with van der Waals surface area (Å²) >= 11 is 1.79. The fourth-order valence-corrected chi connectivity index (χ4v) is 1.67. The van der Waals surface area contributed by atoms with E-state index in [1.807, 2.05) is 13.8 Å². The van der Waals surface area contributed by atoms with Crippen molar-refractivity contribution in [2.45, 2.75) is 20.1 Å². The molecule has 0 atom stereocenters. The standard InChI is InChI=1S/C9H20O3S/c1-4-11-9(12-5-2)8-13-7-6-10-3/h9H,4-8H2,1-3H3. The molecule has 0 rings (SSSR count). The second-order valence-electron chi connectivity index (χ2n) is 2.41. The van der Waals surface area contributed by atoms with Gasteiger partial charge < -0.3 is 14.2 Å². The molecule has 3 nitrogen and oxygen atoms in total. The van der Waals surface area contributed by atoms with Gasteiger partial charge in [-0.15, -0.1) is 0 Å². The van der Waals surface area contributed by atoms with Gasteiger partial charge in [0.1, 0.15) is 0 Å². The minimum Gasteiger partial charge on any atom is -0.384 e. The summed E-state index contributed by atoms with van der Waals surface area (Å²) in [5.41, 5.74) is 0. The highest BCUT2D eigenvalue weighted by molar-refractivity contribution is 7.99. The van der Waals surface area contributed by atoms with E-state index >= 15 is 0 Å². The number of rotatable bonds is 9. The lowest BCUT2D eigenvalue weighted by atomic mass is 10.7. The number of methoxy groups -OCH3 is 1. The molecule has 4 heteroatoms. The van der Waals surface area contributed by atoms with E-state index in [4.69, 9.17) is 14.2 Å². The first kappa shape index (κ1) is 13.2. The Morgan fingerprint density at radius 2 is 1.77 bits per heavy atom. The molecule has 80 valence electrons. The molecule has 0 aromatic heterocycles. The third-order valence-corrected chi connectivity index (χ3v) is 2.35. The molecule has 0 aromatic rings. The van der Waals surface area contributed by atoms with Crippen molar-refractivity contribution in [1.29, 1.82) is 0 Å². The first-order valence-electron chi connectivity index (χ1n) is 4.65. The van der Waals surface area contributed by atoms with Crippen LogP contribution in [0.4, 0.5) is 0 Å². The van der Waals surface area contributed by atoms with E-state index < -0.39 is 0 Å². The normalized spacial score (nSPS) is 11.1. The topological polar surface area (TPSA) is 27.7 Å². The highest BCUT2D eigenvalue weighted by atomic mass is 32.2. The summed E-state index contributed by atoms with van der Waals surface area (Å²) in [6.45, 7) is 6.15. The number of thioether (sulfide) groups is 1. The zero-order chi connectivity index (χ0) is 9.94. The Labute approximate surface area is 85.1 Å². The van der Waals surface area contributed by atoms with E-state index in [2.05, 4.69) is 0 Å². The molecule has 0 bridgehead atoms.